The maximum Gasteiger partial charge on any atom is 0.407 e. The average molecular weight is 438 g/mol. The Morgan fingerprint density at radius 2 is 1.75 bits per heavy atom. The van der Waals surface area contributed by atoms with E-state index in [9.17, 15) is 19.5 Å². The number of carbonyl (C=O) groups excluding carboxylic acids is 2. The Bertz CT molecular complexity index is 985. The van der Waals surface area contributed by atoms with Gasteiger partial charge in [-0.25, -0.2) is 9.59 Å². The Labute approximate surface area is 185 Å². The fourth-order valence-electron chi connectivity index (χ4n) is 4.37. The van der Waals surface area contributed by atoms with Crippen molar-refractivity contribution in [2.75, 3.05) is 19.8 Å². The molecule has 1 saturated heterocycles. The zero-order valence-corrected chi connectivity index (χ0v) is 17.8. The van der Waals surface area contributed by atoms with Gasteiger partial charge in [-0.15, -0.1) is 0 Å². The summed E-state index contributed by atoms with van der Waals surface area (Å²) in [5.41, 5.74) is 3.12. The minimum atomic E-state index is -1.40. The minimum Gasteiger partial charge on any atom is -0.479 e. The second-order valence-electron chi connectivity index (χ2n) is 8.31. The number of benzene rings is 2. The van der Waals surface area contributed by atoms with E-state index in [0.717, 1.165) is 22.3 Å². The molecular formula is C24H26N2O6. The Balaban J connectivity index is 1.31. The van der Waals surface area contributed by atoms with Crippen molar-refractivity contribution in [1.29, 1.82) is 0 Å². The van der Waals surface area contributed by atoms with Crippen LogP contribution in [0.25, 0.3) is 11.1 Å². The van der Waals surface area contributed by atoms with Crippen LogP contribution in [0.4, 0.5) is 4.79 Å². The topological polar surface area (TPSA) is 114 Å². The van der Waals surface area contributed by atoms with Gasteiger partial charge < -0.3 is 25.2 Å². The number of rotatable bonds is 7. The lowest BCUT2D eigenvalue weighted by Crippen LogP contribution is -2.56. The van der Waals surface area contributed by atoms with Crippen molar-refractivity contribution in [2.45, 2.75) is 37.3 Å². The van der Waals surface area contributed by atoms with Crippen molar-refractivity contribution < 1.29 is 29.0 Å². The molecule has 1 unspecified atom stereocenters. The third kappa shape index (κ3) is 4.31. The van der Waals surface area contributed by atoms with Gasteiger partial charge in [0.05, 0.1) is 6.61 Å². The van der Waals surface area contributed by atoms with E-state index in [1.807, 2.05) is 36.4 Å². The fourth-order valence-corrected chi connectivity index (χ4v) is 4.37. The van der Waals surface area contributed by atoms with Crippen molar-refractivity contribution in [3.63, 3.8) is 0 Å². The lowest BCUT2D eigenvalue weighted by molar-refractivity contribution is -0.147. The molecule has 0 saturated carbocycles. The van der Waals surface area contributed by atoms with Gasteiger partial charge in [0.1, 0.15) is 6.61 Å². The van der Waals surface area contributed by atoms with Crippen molar-refractivity contribution >= 4 is 18.0 Å². The van der Waals surface area contributed by atoms with Crippen molar-refractivity contribution in [1.82, 2.24) is 10.6 Å². The Morgan fingerprint density at radius 3 is 2.31 bits per heavy atom. The van der Waals surface area contributed by atoms with Crippen LogP contribution in [-0.2, 0) is 19.1 Å². The smallest absolute Gasteiger partial charge is 0.407 e. The van der Waals surface area contributed by atoms with Gasteiger partial charge in [0, 0.05) is 31.4 Å². The quantitative estimate of drug-likeness (QED) is 0.612. The van der Waals surface area contributed by atoms with Crippen LogP contribution < -0.4 is 10.6 Å². The van der Waals surface area contributed by atoms with E-state index in [1.165, 1.54) is 0 Å². The van der Waals surface area contributed by atoms with Crippen LogP contribution in [0, 0.1) is 0 Å². The van der Waals surface area contributed by atoms with E-state index in [-0.39, 0.29) is 38.6 Å². The molecule has 0 bridgehead atoms. The highest BCUT2D eigenvalue weighted by Gasteiger charge is 2.44. The molecular weight excluding hydrogens is 412 g/mol. The molecule has 0 aromatic heterocycles. The van der Waals surface area contributed by atoms with Crippen LogP contribution >= 0.6 is 0 Å². The van der Waals surface area contributed by atoms with Crippen molar-refractivity contribution in [3.05, 3.63) is 59.7 Å². The molecule has 1 aliphatic carbocycles. The number of carboxylic acid groups (broad SMARTS) is 1. The van der Waals surface area contributed by atoms with Gasteiger partial charge in [0.25, 0.3) is 0 Å². The summed E-state index contributed by atoms with van der Waals surface area (Å²) >= 11 is 0. The standard InChI is InChI=1S/C24H26N2O6/c1-15(12-21(27)26-24(22(28)29)10-11-31-14-24)25-23(30)32-13-20-18-8-4-2-6-16(18)17-7-3-5-9-19(17)20/h2-9,15,20H,10-14H2,1H3,(H,25,30)(H,26,27)(H,28,29)/t15-,24?/m1/s1. The highest BCUT2D eigenvalue weighted by molar-refractivity contribution is 5.88. The monoisotopic (exact) mass is 438 g/mol. The van der Waals surface area contributed by atoms with Crippen molar-refractivity contribution in [3.8, 4) is 11.1 Å². The molecule has 8 heteroatoms. The number of carbonyl (C=O) groups is 3. The number of hydrogen-bond donors (Lipinski definition) is 3. The Hall–Kier alpha value is -3.39. The molecule has 3 N–H and O–H groups in total. The van der Waals surface area contributed by atoms with Crippen molar-refractivity contribution in [2.24, 2.45) is 0 Å². The summed E-state index contributed by atoms with van der Waals surface area (Å²) in [7, 11) is 0. The summed E-state index contributed by atoms with van der Waals surface area (Å²) in [6.45, 7) is 2.06. The molecule has 2 atom stereocenters. The fraction of sp³-hybridized carbons (Fsp3) is 0.375. The number of carboxylic acids is 1. The first-order chi connectivity index (χ1) is 15.4. The number of alkyl carbamates (subject to hydrolysis) is 1. The van der Waals surface area contributed by atoms with E-state index >= 15 is 0 Å². The van der Waals surface area contributed by atoms with Gasteiger partial charge in [-0.1, -0.05) is 48.5 Å². The van der Waals surface area contributed by atoms with Crippen LogP contribution in [-0.4, -0.2) is 54.5 Å². The number of nitrogens with one attached hydrogen (secondary N) is 2. The zero-order chi connectivity index (χ0) is 22.7. The number of amides is 2. The van der Waals surface area contributed by atoms with E-state index in [1.54, 1.807) is 6.92 Å². The Kier molecular flexibility index (Phi) is 6.14. The van der Waals surface area contributed by atoms with Crippen LogP contribution in [0.1, 0.15) is 36.8 Å². The first kappa shape index (κ1) is 21.8. The van der Waals surface area contributed by atoms with Crippen LogP contribution in [0.2, 0.25) is 0 Å². The molecule has 1 aliphatic heterocycles. The number of hydrogen-bond acceptors (Lipinski definition) is 5. The third-order valence-electron chi connectivity index (χ3n) is 6.01. The van der Waals surface area contributed by atoms with E-state index in [4.69, 9.17) is 9.47 Å². The molecule has 1 fully saturated rings. The molecule has 2 aromatic carbocycles. The number of aliphatic carboxylic acids is 1. The molecule has 32 heavy (non-hydrogen) atoms. The normalized spacial score (nSPS) is 20.2. The molecule has 4 rings (SSSR count). The second-order valence-corrected chi connectivity index (χ2v) is 8.31. The van der Waals surface area contributed by atoms with Gasteiger partial charge in [-0.2, -0.15) is 0 Å². The summed E-state index contributed by atoms with van der Waals surface area (Å²) in [5, 5.41) is 14.6. The van der Waals surface area contributed by atoms with Gasteiger partial charge in [0.15, 0.2) is 5.54 Å². The maximum atomic E-state index is 12.4. The largest absolute Gasteiger partial charge is 0.479 e. The van der Waals surface area contributed by atoms with Gasteiger partial charge in [-0.05, 0) is 29.2 Å². The first-order valence-corrected chi connectivity index (χ1v) is 10.6. The predicted molar refractivity (Wildman–Crippen MR) is 116 cm³/mol. The van der Waals surface area contributed by atoms with Crippen LogP contribution in [0.3, 0.4) is 0 Å². The summed E-state index contributed by atoms with van der Waals surface area (Å²) in [6.07, 6.45) is -0.481. The molecule has 168 valence electrons. The maximum absolute atomic E-state index is 12.4. The summed E-state index contributed by atoms with van der Waals surface area (Å²) in [5.74, 6) is -1.64. The van der Waals surface area contributed by atoms with Gasteiger partial charge in [0.2, 0.25) is 5.91 Å². The van der Waals surface area contributed by atoms with E-state index in [0.29, 0.717) is 0 Å². The SMILES string of the molecule is C[C@H](CC(=O)NC1(C(=O)O)CCOC1)NC(=O)OCC1c2ccccc2-c2ccccc21. The molecule has 2 amide bonds. The number of fused-ring (bicyclic) bond motifs is 3. The summed E-state index contributed by atoms with van der Waals surface area (Å²) < 4.78 is 10.6. The molecule has 2 aliphatic rings. The van der Waals surface area contributed by atoms with E-state index < -0.39 is 29.6 Å². The highest BCUT2D eigenvalue weighted by atomic mass is 16.5. The molecule has 0 radical (unpaired) electrons. The van der Waals surface area contributed by atoms with Gasteiger partial charge in [-0.3, -0.25) is 4.79 Å². The Morgan fingerprint density at radius 1 is 1.12 bits per heavy atom. The molecule has 1 heterocycles. The molecule has 8 nitrogen and oxygen atoms in total. The van der Waals surface area contributed by atoms with Crippen LogP contribution in [0.15, 0.2) is 48.5 Å². The van der Waals surface area contributed by atoms with E-state index in [2.05, 4.69) is 22.8 Å². The highest BCUT2D eigenvalue weighted by Crippen LogP contribution is 2.44. The summed E-state index contributed by atoms with van der Waals surface area (Å²) in [6, 6.07) is 15.6. The predicted octanol–water partition coefficient (Wildman–Crippen LogP) is 2.66. The van der Waals surface area contributed by atoms with Crippen LogP contribution in [0.5, 0.6) is 0 Å². The minimum absolute atomic E-state index is 0.0513. The summed E-state index contributed by atoms with van der Waals surface area (Å²) in [4.78, 5) is 36.2. The average Bonchev–Trinajstić information content (AvgIpc) is 3.36. The lowest BCUT2D eigenvalue weighted by atomic mass is 9.98. The first-order valence-electron chi connectivity index (χ1n) is 10.6. The zero-order valence-electron chi connectivity index (χ0n) is 17.8. The molecule has 0 spiro atoms. The second kappa shape index (κ2) is 9.00. The van der Waals surface area contributed by atoms with Gasteiger partial charge >= 0.3 is 12.1 Å². The molecule has 2 aromatic rings. The lowest BCUT2D eigenvalue weighted by Gasteiger charge is -2.24. The third-order valence-corrected chi connectivity index (χ3v) is 6.01. The number of ether oxygens (including phenoxy) is 2.